The molecular weight excluding hydrogens is 454 g/mol. The van der Waals surface area contributed by atoms with Crippen molar-refractivity contribution in [2.75, 3.05) is 19.5 Å². The van der Waals surface area contributed by atoms with E-state index in [9.17, 15) is 4.79 Å². The first-order valence-corrected chi connectivity index (χ1v) is 11.5. The number of hydrogen-bond acceptors (Lipinski definition) is 8. The largest absolute Gasteiger partial charge is 0.497 e. The van der Waals surface area contributed by atoms with Crippen molar-refractivity contribution in [3.05, 3.63) is 70.4 Å². The molecule has 0 aliphatic carbocycles. The van der Waals surface area contributed by atoms with Gasteiger partial charge < -0.3 is 24.1 Å². The average molecular weight is 480 g/mol. The van der Waals surface area contributed by atoms with Gasteiger partial charge in [0.15, 0.2) is 5.13 Å². The molecule has 0 fully saturated rings. The molecule has 176 valence electrons. The molecule has 0 unspecified atom stereocenters. The number of nitrogens with one attached hydrogen (secondary N) is 1. The smallest absolute Gasteiger partial charge is 0.230 e. The van der Waals surface area contributed by atoms with E-state index in [4.69, 9.17) is 18.7 Å². The Balaban J connectivity index is 1.35. The molecule has 8 nitrogen and oxygen atoms in total. The third-order valence-electron chi connectivity index (χ3n) is 5.29. The fourth-order valence-corrected chi connectivity index (χ4v) is 4.11. The molecule has 9 heteroatoms. The topological polar surface area (TPSA) is 95.7 Å². The molecule has 1 N–H and O–H groups in total. The van der Waals surface area contributed by atoms with Crippen LogP contribution in [0, 0.1) is 13.8 Å². The number of amides is 1. The van der Waals surface area contributed by atoms with E-state index < -0.39 is 0 Å². The Kier molecular flexibility index (Phi) is 7.12. The minimum atomic E-state index is -0.150. The number of anilines is 1. The van der Waals surface area contributed by atoms with Crippen molar-refractivity contribution in [1.82, 2.24) is 10.1 Å². The molecule has 2 aromatic carbocycles. The SMILES string of the molecule is COc1ccc(OC)c(-c2csc(NC(=O)Cc3ccc(OCc4c(C)noc4C)cc3)n2)c1. The Hall–Kier alpha value is -3.85. The molecular formula is C25H25N3O5S. The summed E-state index contributed by atoms with van der Waals surface area (Å²) >= 11 is 1.35. The highest BCUT2D eigenvalue weighted by molar-refractivity contribution is 7.14. The summed E-state index contributed by atoms with van der Waals surface area (Å²) in [7, 11) is 3.21. The number of thiazole rings is 1. The van der Waals surface area contributed by atoms with E-state index in [0.29, 0.717) is 34.7 Å². The monoisotopic (exact) mass is 479 g/mol. The molecule has 2 aromatic heterocycles. The number of methoxy groups -OCH3 is 2. The fourth-order valence-electron chi connectivity index (χ4n) is 3.38. The van der Waals surface area contributed by atoms with Gasteiger partial charge in [0, 0.05) is 10.9 Å². The van der Waals surface area contributed by atoms with Crippen LogP contribution in [0.25, 0.3) is 11.3 Å². The van der Waals surface area contributed by atoms with Gasteiger partial charge in [-0.15, -0.1) is 11.3 Å². The lowest BCUT2D eigenvalue weighted by molar-refractivity contribution is -0.115. The van der Waals surface area contributed by atoms with Crippen LogP contribution in [0.2, 0.25) is 0 Å². The summed E-state index contributed by atoms with van der Waals surface area (Å²) < 4.78 is 21.7. The van der Waals surface area contributed by atoms with E-state index in [1.807, 2.05) is 61.7 Å². The zero-order valence-corrected chi connectivity index (χ0v) is 20.2. The standard InChI is InChI=1S/C25H25N3O5S/c1-15-21(16(2)33-28-15)13-32-18-7-5-17(6-8-18)11-24(29)27-25-26-22(14-34-25)20-12-19(30-3)9-10-23(20)31-4/h5-10,12,14H,11,13H2,1-4H3,(H,26,27,29). The van der Waals surface area contributed by atoms with Crippen LogP contribution in [0.5, 0.6) is 17.2 Å². The van der Waals surface area contributed by atoms with E-state index in [0.717, 1.165) is 28.1 Å². The molecule has 0 saturated carbocycles. The number of ether oxygens (including phenoxy) is 3. The molecule has 4 aromatic rings. The summed E-state index contributed by atoms with van der Waals surface area (Å²) in [6.45, 7) is 4.12. The molecule has 4 rings (SSSR count). The van der Waals surface area contributed by atoms with E-state index in [1.165, 1.54) is 11.3 Å². The van der Waals surface area contributed by atoms with Gasteiger partial charge in [0.25, 0.3) is 0 Å². The zero-order valence-electron chi connectivity index (χ0n) is 19.4. The summed E-state index contributed by atoms with van der Waals surface area (Å²) in [5, 5.41) is 9.19. The van der Waals surface area contributed by atoms with Crippen molar-refractivity contribution >= 4 is 22.4 Å². The van der Waals surface area contributed by atoms with Gasteiger partial charge in [-0.1, -0.05) is 17.3 Å². The van der Waals surface area contributed by atoms with Crippen molar-refractivity contribution in [3.63, 3.8) is 0 Å². The number of aryl methyl sites for hydroxylation is 2. The van der Waals surface area contributed by atoms with Crippen molar-refractivity contribution in [1.29, 1.82) is 0 Å². The van der Waals surface area contributed by atoms with Crippen LogP contribution < -0.4 is 19.5 Å². The minimum Gasteiger partial charge on any atom is -0.497 e. The van der Waals surface area contributed by atoms with Gasteiger partial charge in [-0.25, -0.2) is 4.98 Å². The Morgan fingerprint density at radius 2 is 1.82 bits per heavy atom. The van der Waals surface area contributed by atoms with Crippen LogP contribution in [-0.2, 0) is 17.8 Å². The number of aromatic nitrogens is 2. The second kappa shape index (κ2) is 10.4. The van der Waals surface area contributed by atoms with Gasteiger partial charge in [-0.05, 0) is 49.7 Å². The van der Waals surface area contributed by atoms with Crippen LogP contribution in [0.15, 0.2) is 52.4 Å². The highest BCUT2D eigenvalue weighted by Gasteiger charge is 2.14. The van der Waals surface area contributed by atoms with Gasteiger partial charge >= 0.3 is 0 Å². The second-order valence-electron chi connectivity index (χ2n) is 7.56. The van der Waals surface area contributed by atoms with Crippen LogP contribution in [0.1, 0.15) is 22.6 Å². The van der Waals surface area contributed by atoms with Crippen molar-refractivity contribution < 1.29 is 23.5 Å². The van der Waals surface area contributed by atoms with Crippen LogP contribution in [-0.4, -0.2) is 30.3 Å². The lowest BCUT2D eigenvalue weighted by Gasteiger charge is -2.08. The van der Waals surface area contributed by atoms with Gasteiger partial charge in [0.2, 0.25) is 5.91 Å². The Morgan fingerprint density at radius 1 is 1.06 bits per heavy atom. The number of carbonyl (C=O) groups excluding carboxylic acids is 1. The Labute approximate surface area is 201 Å². The third kappa shape index (κ3) is 5.37. The van der Waals surface area contributed by atoms with Gasteiger partial charge in [0.1, 0.15) is 29.6 Å². The number of rotatable bonds is 9. The fraction of sp³-hybridized carbons (Fsp3) is 0.240. The van der Waals surface area contributed by atoms with Crippen molar-refractivity contribution in [2.24, 2.45) is 0 Å². The van der Waals surface area contributed by atoms with Crippen LogP contribution in [0.4, 0.5) is 5.13 Å². The maximum absolute atomic E-state index is 12.6. The van der Waals surface area contributed by atoms with Gasteiger partial charge in [-0.3, -0.25) is 4.79 Å². The summed E-state index contributed by atoms with van der Waals surface area (Å²) in [6, 6.07) is 12.9. The lowest BCUT2D eigenvalue weighted by atomic mass is 10.1. The zero-order chi connectivity index (χ0) is 24.1. The summed E-state index contributed by atoms with van der Waals surface area (Å²) in [5.41, 5.74) is 4.13. The molecule has 34 heavy (non-hydrogen) atoms. The maximum atomic E-state index is 12.6. The second-order valence-corrected chi connectivity index (χ2v) is 8.42. The predicted molar refractivity (Wildman–Crippen MR) is 130 cm³/mol. The van der Waals surface area contributed by atoms with Crippen molar-refractivity contribution in [3.8, 4) is 28.5 Å². The van der Waals surface area contributed by atoms with E-state index >= 15 is 0 Å². The quantitative estimate of drug-likeness (QED) is 0.353. The molecule has 1 amide bonds. The lowest BCUT2D eigenvalue weighted by Crippen LogP contribution is -2.14. The van der Waals surface area contributed by atoms with Crippen LogP contribution >= 0.6 is 11.3 Å². The highest BCUT2D eigenvalue weighted by atomic mass is 32.1. The third-order valence-corrected chi connectivity index (χ3v) is 6.04. The predicted octanol–water partition coefficient (Wildman–Crippen LogP) is 5.19. The number of nitrogens with zero attached hydrogens (tertiary/aromatic N) is 2. The minimum absolute atomic E-state index is 0.150. The van der Waals surface area contributed by atoms with Gasteiger partial charge in [-0.2, -0.15) is 0 Å². The van der Waals surface area contributed by atoms with E-state index in [2.05, 4.69) is 15.5 Å². The maximum Gasteiger partial charge on any atom is 0.230 e. The molecule has 0 aliphatic rings. The molecule has 0 radical (unpaired) electrons. The number of benzene rings is 2. The molecule has 0 bridgehead atoms. The molecule has 0 saturated heterocycles. The van der Waals surface area contributed by atoms with E-state index in [1.54, 1.807) is 14.2 Å². The first-order valence-electron chi connectivity index (χ1n) is 10.6. The molecule has 2 heterocycles. The van der Waals surface area contributed by atoms with Crippen molar-refractivity contribution in [2.45, 2.75) is 26.9 Å². The first-order chi connectivity index (χ1) is 16.5. The Morgan fingerprint density at radius 3 is 2.50 bits per heavy atom. The summed E-state index contributed by atoms with van der Waals surface area (Å²) in [5.74, 6) is 2.69. The van der Waals surface area contributed by atoms with Crippen LogP contribution in [0.3, 0.4) is 0 Å². The Bertz CT molecular complexity index is 1260. The molecule has 0 atom stereocenters. The summed E-state index contributed by atoms with van der Waals surface area (Å²) in [6.07, 6.45) is 0.224. The van der Waals surface area contributed by atoms with E-state index in [-0.39, 0.29) is 12.3 Å². The van der Waals surface area contributed by atoms with Gasteiger partial charge in [0.05, 0.1) is 37.6 Å². The average Bonchev–Trinajstić information content (AvgIpc) is 3.44. The highest BCUT2D eigenvalue weighted by Crippen LogP contribution is 2.35. The molecule has 0 spiro atoms. The first kappa shape index (κ1) is 23.3. The normalized spacial score (nSPS) is 10.7. The molecule has 0 aliphatic heterocycles. The summed E-state index contributed by atoms with van der Waals surface area (Å²) in [4.78, 5) is 17.1. The number of hydrogen-bond donors (Lipinski definition) is 1. The number of carbonyl (C=O) groups is 1.